The first-order chi connectivity index (χ1) is 14.8. The van der Waals surface area contributed by atoms with Gasteiger partial charge in [-0.2, -0.15) is 4.98 Å². The van der Waals surface area contributed by atoms with Crippen molar-refractivity contribution in [3.63, 3.8) is 0 Å². The largest absolute Gasteiger partial charge is 0.459 e. The third-order valence-electron chi connectivity index (χ3n) is 6.30. The van der Waals surface area contributed by atoms with Gasteiger partial charge >= 0.3 is 0 Å². The quantitative estimate of drug-likeness (QED) is 0.721. The van der Waals surface area contributed by atoms with E-state index < -0.39 is 5.60 Å². The number of ether oxygens (including phenoxy) is 1. The molecular formula is C23H27ClN4O3. The van der Waals surface area contributed by atoms with Gasteiger partial charge in [0.1, 0.15) is 11.5 Å². The molecular weight excluding hydrogens is 416 g/mol. The zero-order chi connectivity index (χ0) is 22.2. The van der Waals surface area contributed by atoms with Crippen LogP contribution in [0, 0.1) is 5.92 Å². The molecule has 2 atom stereocenters. The summed E-state index contributed by atoms with van der Waals surface area (Å²) < 4.78 is 6.30. The third kappa shape index (κ3) is 4.00. The highest BCUT2D eigenvalue weighted by Gasteiger charge is 2.51. The molecule has 2 aromatic rings. The van der Waals surface area contributed by atoms with Crippen LogP contribution in [-0.4, -0.2) is 35.5 Å². The fourth-order valence-corrected chi connectivity index (χ4v) is 4.48. The second-order valence-corrected chi connectivity index (χ2v) is 8.77. The molecule has 1 aliphatic carbocycles. The molecule has 0 saturated heterocycles. The molecule has 7 nitrogen and oxygen atoms in total. The van der Waals surface area contributed by atoms with Gasteiger partial charge in [0, 0.05) is 10.9 Å². The van der Waals surface area contributed by atoms with Crippen molar-refractivity contribution in [2.75, 3.05) is 17.3 Å². The lowest BCUT2D eigenvalue weighted by Gasteiger charge is -2.43. The summed E-state index contributed by atoms with van der Waals surface area (Å²) in [6, 6.07) is 10.2. The molecule has 31 heavy (non-hydrogen) atoms. The molecule has 2 aliphatic rings. The highest BCUT2D eigenvalue weighted by molar-refractivity contribution is 6.31. The first-order valence-electron chi connectivity index (χ1n) is 10.6. The Morgan fingerprint density at radius 1 is 1.29 bits per heavy atom. The number of nitrogens with one attached hydrogen (secondary N) is 2. The number of hydrogen-bond donors (Lipinski definition) is 2. The lowest BCUT2D eigenvalue weighted by molar-refractivity contribution is -0.138. The maximum atomic E-state index is 13.8. The molecule has 0 radical (unpaired) electrons. The number of hydrogen-bond acceptors (Lipinski definition) is 5. The van der Waals surface area contributed by atoms with Crippen LogP contribution in [-0.2, 0) is 9.59 Å². The number of carbonyl (C=O) groups excluding carboxylic acids is 2. The van der Waals surface area contributed by atoms with Gasteiger partial charge in [0.25, 0.3) is 5.91 Å². The molecule has 1 aliphatic heterocycles. The second kappa shape index (κ2) is 8.48. The first-order valence-corrected chi connectivity index (χ1v) is 11.0. The van der Waals surface area contributed by atoms with Gasteiger partial charge in [-0.05, 0) is 64.1 Å². The summed E-state index contributed by atoms with van der Waals surface area (Å²) in [6.45, 7) is 3.61. The molecule has 4 rings (SSSR count). The Kier molecular flexibility index (Phi) is 5.90. The molecule has 164 valence electrons. The lowest BCUT2D eigenvalue weighted by atomic mass is 9.85. The zero-order valence-electron chi connectivity index (χ0n) is 17.9. The van der Waals surface area contributed by atoms with Gasteiger partial charge in [-0.1, -0.05) is 30.5 Å². The predicted molar refractivity (Wildman–Crippen MR) is 121 cm³/mol. The van der Waals surface area contributed by atoms with Crippen molar-refractivity contribution in [1.29, 1.82) is 0 Å². The Balaban J connectivity index is 1.77. The van der Waals surface area contributed by atoms with Gasteiger partial charge in [-0.3, -0.25) is 14.5 Å². The van der Waals surface area contributed by atoms with Crippen LogP contribution < -0.4 is 20.3 Å². The van der Waals surface area contributed by atoms with Crippen molar-refractivity contribution in [1.82, 2.24) is 10.3 Å². The molecule has 1 saturated carbocycles. The molecule has 1 aromatic heterocycles. The standard InChI is InChI=1S/C23H27ClN4O3/c1-14(25-3)20(29)26-19-12-11-18-21(27-19)31-23(2,15-7-4-5-8-15)22(30)28(18)17-10-6-9-16(24)13-17/h6,9-15,25H,4-5,7-8H2,1-3H3,(H,26,27,29)/t14-,23?/m0/s1. The molecule has 2 N–H and O–H groups in total. The molecule has 0 spiro atoms. The Morgan fingerprint density at radius 2 is 2.03 bits per heavy atom. The van der Waals surface area contributed by atoms with E-state index in [1.54, 1.807) is 43.1 Å². The van der Waals surface area contributed by atoms with E-state index in [2.05, 4.69) is 15.6 Å². The Bertz CT molecular complexity index is 1010. The van der Waals surface area contributed by atoms with Crippen LogP contribution in [0.25, 0.3) is 0 Å². The average molecular weight is 443 g/mol. The Labute approximate surface area is 187 Å². The normalized spacial score (nSPS) is 22.1. The number of anilines is 3. The molecule has 2 amide bonds. The van der Waals surface area contributed by atoms with Crippen molar-refractivity contribution >= 4 is 40.6 Å². The number of aromatic nitrogens is 1. The van der Waals surface area contributed by atoms with Gasteiger partial charge < -0.3 is 15.4 Å². The smallest absolute Gasteiger partial charge is 0.275 e. The summed E-state index contributed by atoms with van der Waals surface area (Å²) in [5, 5.41) is 6.24. The van der Waals surface area contributed by atoms with Crippen LogP contribution in [0.15, 0.2) is 36.4 Å². The van der Waals surface area contributed by atoms with Crippen LogP contribution >= 0.6 is 11.6 Å². The summed E-state index contributed by atoms with van der Waals surface area (Å²) in [6.07, 6.45) is 4.01. The van der Waals surface area contributed by atoms with E-state index in [-0.39, 0.29) is 23.8 Å². The SMILES string of the molecule is CN[C@@H](C)C(=O)Nc1ccc2c(n1)OC(C)(C1CCCC1)C(=O)N2c1cccc(Cl)c1. The van der Waals surface area contributed by atoms with Gasteiger partial charge in [-0.25, -0.2) is 0 Å². The summed E-state index contributed by atoms with van der Waals surface area (Å²) >= 11 is 6.22. The van der Waals surface area contributed by atoms with Crippen molar-refractivity contribution < 1.29 is 14.3 Å². The topological polar surface area (TPSA) is 83.6 Å². The maximum absolute atomic E-state index is 13.8. The van der Waals surface area contributed by atoms with E-state index in [9.17, 15) is 9.59 Å². The fraction of sp³-hybridized carbons (Fsp3) is 0.435. The maximum Gasteiger partial charge on any atom is 0.275 e. The van der Waals surface area contributed by atoms with Gasteiger partial charge in [0.15, 0.2) is 5.60 Å². The average Bonchev–Trinajstić information content (AvgIpc) is 3.30. The number of fused-ring (bicyclic) bond motifs is 1. The van der Waals surface area contributed by atoms with Crippen LogP contribution in [0.2, 0.25) is 5.02 Å². The minimum atomic E-state index is -1.04. The first kappa shape index (κ1) is 21.6. The van der Waals surface area contributed by atoms with Gasteiger partial charge in [0.2, 0.25) is 11.8 Å². The minimum absolute atomic E-state index is 0.0965. The van der Waals surface area contributed by atoms with E-state index in [0.29, 0.717) is 28.1 Å². The number of nitrogens with zero attached hydrogens (tertiary/aromatic N) is 2. The molecule has 1 aromatic carbocycles. The third-order valence-corrected chi connectivity index (χ3v) is 6.53. The van der Waals surface area contributed by atoms with Crippen molar-refractivity contribution in [2.45, 2.75) is 51.2 Å². The molecule has 0 bridgehead atoms. The Morgan fingerprint density at radius 3 is 2.71 bits per heavy atom. The van der Waals surface area contributed by atoms with Gasteiger partial charge in [0.05, 0.1) is 11.7 Å². The lowest BCUT2D eigenvalue weighted by Crippen LogP contribution is -2.56. The molecule has 1 unspecified atom stereocenters. The fourth-order valence-electron chi connectivity index (χ4n) is 4.30. The summed E-state index contributed by atoms with van der Waals surface area (Å²) in [4.78, 5) is 32.2. The molecule has 1 fully saturated rings. The van der Waals surface area contributed by atoms with Crippen LogP contribution in [0.1, 0.15) is 39.5 Å². The molecule has 8 heteroatoms. The number of likely N-dealkylation sites (N-methyl/N-ethyl adjacent to an activating group) is 1. The van der Waals surface area contributed by atoms with E-state index in [1.807, 2.05) is 19.1 Å². The highest BCUT2D eigenvalue weighted by Crippen LogP contribution is 2.47. The number of benzene rings is 1. The Hall–Kier alpha value is -2.64. The van der Waals surface area contributed by atoms with Crippen molar-refractivity contribution in [2.24, 2.45) is 5.92 Å². The number of pyridine rings is 1. The zero-order valence-corrected chi connectivity index (χ0v) is 18.7. The van der Waals surface area contributed by atoms with E-state index in [0.717, 1.165) is 25.7 Å². The monoisotopic (exact) mass is 442 g/mol. The predicted octanol–water partition coefficient (Wildman–Crippen LogP) is 4.29. The van der Waals surface area contributed by atoms with Crippen LogP contribution in [0.4, 0.5) is 17.2 Å². The summed E-state index contributed by atoms with van der Waals surface area (Å²) in [5.41, 5.74) is 0.149. The van der Waals surface area contributed by atoms with Gasteiger partial charge in [-0.15, -0.1) is 0 Å². The minimum Gasteiger partial charge on any atom is -0.459 e. The number of carbonyl (C=O) groups is 2. The van der Waals surface area contributed by atoms with Crippen molar-refractivity contribution in [3.05, 3.63) is 41.4 Å². The molecule has 2 heterocycles. The summed E-state index contributed by atoms with van der Waals surface area (Å²) in [7, 11) is 1.72. The second-order valence-electron chi connectivity index (χ2n) is 8.33. The summed E-state index contributed by atoms with van der Waals surface area (Å²) in [5.74, 6) is 0.465. The number of halogens is 1. The van der Waals surface area contributed by atoms with E-state index >= 15 is 0 Å². The van der Waals surface area contributed by atoms with E-state index in [4.69, 9.17) is 16.3 Å². The van der Waals surface area contributed by atoms with Crippen LogP contribution in [0.5, 0.6) is 5.88 Å². The number of rotatable bonds is 5. The highest BCUT2D eigenvalue weighted by atomic mass is 35.5. The number of amides is 2. The van der Waals surface area contributed by atoms with E-state index in [1.165, 1.54) is 0 Å². The van der Waals surface area contributed by atoms with Crippen molar-refractivity contribution in [3.8, 4) is 5.88 Å². The van der Waals surface area contributed by atoms with Crippen LogP contribution in [0.3, 0.4) is 0 Å².